The number of halogens is 1. The van der Waals surface area contributed by atoms with Crippen molar-refractivity contribution < 1.29 is 19.1 Å². The second-order valence-electron chi connectivity index (χ2n) is 7.28. The van der Waals surface area contributed by atoms with Gasteiger partial charge in [-0.15, -0.1) is 11.3 Å². The number of amides is 1. The fraction of sp³-hybridized carbons (Fsp3) is 0.208. The van der Waals surface area contributed by atoms with Crippen LogP contribution in [0, 0.1) is 6.92 Å². The van der Waals surface area contributed by atoms with Crippen molar-refractivity contribution in [2.45, 2.75) is 20.3 Å². The number of nitrogens with zero attached hydrogens (tertiary/aromatic N) is 2. The number of carbonyl (C=O) groups is 2. The topological polar surface area (TPSA) is 81.9 Å². The van der Waals surface area contributed by atoms with Gasteiger partial charge in [0.15, 0.2) is 18.0 Å². The lowest BCUT2D eigenvalue weighted by Crippen LogP contribution is -2.21. The molecule has 0 atom stereocenters. The van der Waals surface area contributed by atoms with Crippen LogP contribution in [0.15, 0.2) is 53.3 Å². The number of anilines is 1. The van der Waals surface area contributed by atoms with E-state index < -0.39 is 5.97 Å². The number of thiophene rings is 1. The zero-order chi connectivity index (χ0) is 23.5. The van der Waals surface area contributed by atoms with E-state index in [0.29, 0.717) is 28.4 Å². The van der Waals surface area contributed by atoms with Gasteiger partial charge in [0.05, 0.1) is 12.8 Å². The van der Waals surface area contributed by atoms with Gasteiger partial charge in [0, 0.05) is 27.3 Å². The molecule has 0 bridgehead atoms. The maximum absolute atomic E-state index is 12.8. The van der Waals surface area contributed by atoms with Crippen molar-refractivity contribution in [2.75, 3.05) is 19.0 Å². The number of methoxy groups -OCH3 is 1. The van der Waals surface area contributed by atoms with Crippen molar-refractivity contribution in [3.05, 3.63) is 69.4 Å². The number of aryl methyl sites for hydroxylation is 2. The number of rotatable bonds is 7. The molecule has 3 aromatic heterocycles. The SMILES string of the molecule is CCc1sc(NC(=O)COc2cccn3cc(C)nc23)c(C(=O)OC)c1-c1ccc(Br)cc1. The van der Waals surface area contributed by atoms with Crippen LogP contribution in [0.25, 0.3) is 16.8 Å². The lowest BCUT2D eigenvalue weighted by Gasteiger charge is -2.10. The largest absolute Gasteiger partial charge is 0.480 e. The van der Waals surface area contributed by atoms with E-state index in [1.807, 2.05) is 61.0 Å². The summed E-state index contributed by atoms with van der Waals surface area (Å²) in [6.45, 7) is 3.68. The highest BCUT2D eigenvalue weighted by Gasteiger charge is 2.26. The molecule has 0 radical (unpaired) electrons. The Morgan fingerprint density at radius 1 is 1.21 bits per heavy atom. The number of carbonyl (C=O) groups excluding carboxylic acids is 2. The molecule has 170 valence electrons. The Morgan fingerprint density at radius 3 is 2.67 bits per heavy atom. The third-order valence-corrected chi connectivity index (χ3v) is 6.78. The first-order chi connectivity index (χ1) is 15.9. The van der Waals surface area contributed by atoms with E-state index in [2.05, 4.69) is 26.2 Å². The van der Waals surface area contributed by atoms with Crippen LogP contribution in [-0.4, -0.2) is 35.0 Å². The maximum Gasteiger partial charge on any atom is 0.341 e. The van der Waals surface area contributed by atoms with Crippen LogP contribution in [0.3, 0.4) is 0 Å². The molecule has 4 aromatic rings. The molecule has 0 aliphatic rings. The molecule has 0 fully saturated rings. The van der Waals surface area contributed by atoms with E-state index in [-0.39, 0.29) is 12.5 Å². The lowest BCUT2D eigenvalue weighted by atomic mass is 10.0. The van der Waals surface area contributed by atoms with Crippen LogP contribution in [0.5, 0.6) is 5.75 Å². The molecule has 7 nitrogen and oxygen atoms in total. The molecule has 0 aliphatic carbocycles. The Bertz CT molecular complexity index is 1330. The van der Waals surface area contributed by atoms with E-state index in [4.69, 9.17) is 9.47 Å². The van der Waals surface area contributed by atoms with E-state index in [1.54, 1.807) is 6.07 Å². The highest BCUT2D eigenvalue weighted by Crippen LogP contribution is 2.41. The standard InChI is InChI=1S/C24H22BrN3O4S/c1-4-18-20(15-7-9-16(25)10-8-15)21(24(30)31-3)23(33-18)27-19(29)13-32-17-6-5-11-28-12-14(2)26-22(17)28/h5-12H,4,13H2,1-3H3,(H,27,29). The molecule has 1 amide bonds. The fourth-order valence-electron chi connectivity index (χ4n) is 3.56. The van der Waals surface area contributed by atoms with E-state index in [1.165, 1.54) is 18.4 Å². The van der Waals surface area contributed by atoms with E-state index in [9.17, 15) is 9.59 Å². The fourth-order valence-corrected chi connectivity index (χ4v) is 4.99. The smallest absolute Gasteiger partial charge is 0.341 e. The Labute approximate surface area is 203 Å². The van der Waals surface area contributed by atoms with Gasteiger partial charge in [0.1, 0.15) is 10.6 Å². The Kier molecular flexibility index (Phi) is 6.80. The number of fused-ring (bicyclic) bond motifs is 1. The van der Waals surface area contributed by atoms with Crippen LogP contribution >= 0.6 is 27.3 Å². The van der Waals surface area contributed by atoms with Crippen LogP contribution < -0.4 is 10.1 Å². The second kappa shape index (κ2) is 9.76. The molecular formula is C24H22BrN3O4S. The monoisotopic (exact) mass is 527 g/mol. The molecule has 9 heteroatoms. The first kappa shape index (κ1) is 23.0. The average molecular weight is 528 g/mol. The number of nitrogens with one attached hydrogen (secondary N) is 1. The summed E-state index contributed by atoms with van der Waals surface area (Å²) >= 11 is 4.81. The first-order valence-corrected chi connectivity index (χ1v) is 11.9. The van der Waals surface area contributed by atoms with Crippen molar-refractivity contribution in [1.29, 1.82) is 0 Å². The predicted octanol–water partition coefficient (Wildman–Crippen LogP) is 5.50. The molecule has 33 heavy (non-hydrogen) atoms. The summed E-state index contributed by atoms with van der Waals surface area (Å²) in [7, 11) is 1.33. The minimum Gasteiger partial charge on any atom is -0.480 e. The molecule has 0 spiro atoms. The zero-order valence-electron chi connectivity index (χ0n) is 18.3. The van der Waals surface area contributed by atoms with Crippen molar-refractivity contribution in [3.8, 4) is 16.9 Å². The number of pyridine rings is 1. The van der Waals surface area contributed by atoms with Gasteiger partial charge >= 0.3 is 5.97 Å². The number of benzene rings is 1. The zero-order valence-corrected chi connectivity index (χ0v) is 20.7. The second-order valence-corrected chi connectivity index (χ2v) is 9.30. The normalized spacial score (nSPS) is 10.9. The number of hydrogen-bond acceptors (Lipinski definition) is 6. The van der Waals surface area contributed by atoms with Gasteiger partial charge in [-0.1, -0.05) is 35.0 Å². The maximum atomic E-state index is 12.8. The molecule has 4 rings (SSSR count). The highest BCUT2D eigenvalue weighted by atomic mass is 79.9. The van der Waals surface area contributed by atoms with Crippen LogP contribution in [0.1, 0.15) is 27.9 Å². The molecule has 0 saturated carbocycles. The summed E-state index contributed by atoms with van der Waals surface area (Å²) in [6, 6.07) is 11.3. The Morgan fingerprint density at radius 2 is 1.97 bits per heavy atom. The minimum atomic E-state index is -0.502. The molecule has 0 saturated heterocycles. The van der Waals surface area contributed by atoms with Crippen molar-refractivity contribution in [3.63, 3.8) is 0 Å². The average Bonchev–Trinajstić information content (AvgIpc) is 3.37. The van der Waals surface area contributed by atoms with Crippen molar-refractivity contribution in [1.82, 2.24) is 9.38 Å². The predicted molar refractivity (Wildman–Crippen MR) is 132 cm³/mol. The Hall–Kier alpha value is -3.17. The summed E-state index contributed by atoms with van der Waals surface area (Å²) in [5, 5.41) is 3.29. The van der Waals surface area contributed by atoms with Gasteiger partial charge in [-0.25, -0.2) is 9.78 Å². The summed E-state index contributed by atoms with van der Waals surface area (Å²) < 4.78 is 13.6. The summed E-state index contributed by atoms with van der Waals surface area (Å²) in [5.74, 6) is -0.376. The van der Waals surface area contributed by atoms with Gasteiger partial charge in [0.2, 0.25) is 0 Å². The third kappa shape index (κ3) is 4.79. The number of aromatic nitrogens is 2. The van der Waals surface area contributed by atoms with Crippen molar-refractivity contribution in [2.24, 2.45) is 0 Å². The number of hydrogen-bond donors (Lipinski definition) is 1. The van der Waals surface area contributed by atoms with E-state index in [0.717, 1.165) is 26.2 Å². The lowest BCUT2D eigenvalue weighted by molar-refractivity contribution is -0.118. The minimum absolute atomic E-state index is 0.223. The van der Waals surface area contributed by atoms with Gasteiger partial charge in [-0.05, 0) is 43.2 Å². The highest BCUT2D eigenvalue weighted by molar-refractivity contribution is 9.10. The summed E-state index contributed by atoms with van der Waals surface area (Å²) in [4.78, 5) is 30.9. The number of esters is 1. The number of imidazole rings is 1. The molecule has 1 aromatic carbocycles. The van der Waals surface area contributed by atoms with Crippen LogP contribution in [0.2, 0.25) is 0 Å². The molecule has 1 N–H and O–H groups in total. The van der Waals surface area contributed by atoms with Gasteiger partial charge in [0.25, 0.3) is 5.91 Å². The number of ether oxygens (including phenoxy) is 2. The summed E-state index contributed by atoms with van der Waals surface area (Å²) in [5.41, 5.74) is 3.49. The van der Waals surface area contributed by atoms with Gasteiger partial charge < -0.3 is 19.2 Å². The molecule has 3 heterocycles. The van der Waals surface area contributed by atoms with Gasteiger partial charge in [-0.2, -0.15) is 0 Å². The first-order valence-electron chi connectivity index (χ1n) is 10.3. The van der Waals surface area contributed by atoms with Crippen molar-refractivity contribution >= 4 is 49.8 Å². The molecular weight excluding hydrogens is 506 g/mol. The molecule has 0 aliphatic heterocycles. The van der Waals surface area contributed by atoms with E-state index >= 15 is 0 Å². The molecule has 0 unspecified atom stereocenters. The summed E-state index contributed by atoms with van der Waals surface area (Å²) in [6.07, 6.45) is 4.45. The van der Waals surface area contributed by atoms with Crippen LogP contribution in [0.4, 0.5) is 5.00 Å². The van der Waals surface area contributed by atoms with Crippen LogP contribution in [-0.2, 0) is 16.0 Å². The quantitative estimate of drug-likeness (QED) is 0.321. The third-order valence-electron chi connectivity index (χ3n) is 5.00. The van der Waals surface area contributed by atoms with Gasteiger partial charge in [-0.3, -0.25) is 4.79 Å². The Balaban J connectivity index is 1.61.